The average molecular weight is 250 g/mol. The summed E-state index contributed by atoms with van der Waals surface area (Å²) in [5, 5.41) is 8.70. The summed E-state index contributed by atoms with van der Waals surface area (Å²) in [6.07, 6.45) is -5.70. The Morgan fingerprint density at radius 1 is 1.59 bits per heavy atom. The standard InChI is InChI=1S/C9H9F3N2O3/c1-4(9(10,11)12)17-7-2-5(8(15)16)6(13)3-14-7/h2-4H,13H2,1H3,(H,15,16). The van der Waals surface area contributed by atoms with Crippen LogP contribution in [0.1, 0.15) is 17.3 Å². The normalized spacial score (nSPS) is 13.2. The van der Waals surface area contributed by atoms with Gasteiger partial charge in [0.05, 0.1) is 17.4 Å². The molecule has 0 bridgehead atoms. The molecule has 1 rings (SSSR count). The molecule has 94 valence electrons. The van der Waals surface area contributed by atoms with E-state index in [4.69, 9.17) is 10.8 Å². The maximum absolute atomic E-state index is 12.2. The molecule has 0 amide bonds. The summed E-state index contributed by atoms with van der Waals surface area (Å²) >= 11 is 0. The minimum Gasteiger partial charge on any atom is -0.478 e. The first-order valence-electron chi connectivity index (χ1n) is 4.44. The number of nitrogens with two attached hydrogens (primary N) is 1. The van der Waals surface area contributed by atoms with Crippen LogP contribution in [0, 0.1) is 0 Å². The summed E-state index contributed by atoms with van der Waals surface area (Å²) in [6, 6.07) is 0.847. The second-order valence-corrected chi connectivity index (χ2v) is 3.22. The SMILES string of the molecule is CC(Oc1cc(C(=O)O)c(N)cn1)C(F)(F)F. The number of aromatic carboxylic acids is 1. The van der Waals surface area contributed by atoms with Crippen molar-refractivity contribution < 1.29 is 27.8 Å². The van der Waals surface area contributed by atoms with E-state index in [2.05, 4.69) is 9.72 Å². The number of carboxylic acid groups (broad SMARTS) is 1. The minimum absolute atomic E-state index is 0.149. The zero-order valence-corrected chi connectivity index (χ0v) is 8.65. The Morgan fingerprint density at radius 2 is 2.18 bits per heavy atom. The molecule has 3 N–H and O–H groups in total. The van der Waals surface area contributed by atoms with Gasteiger partial charge < -0.3 is 15.6 Å². The molecule has 0 radical (unpaired) electrons. The number of hydrogen-bond acceptors (Lipinski definition) is 4. The molecule has 1 unspecified atom stereocenters. The van der Waals surface area contributed by atoms with E-state index in [1.807, 2.05) is 0 Å². The summed E-state index contributed by atoms with van der Waals surface area (Å²) in [5.74, 6) is -1.81. The van der Waals surface area contributed by atoms with Gasteiger partial charge in [0, 0.05) is 6.07 Å². The minimum atomic E-state index is -4.55. The first-order chi connectivity index (χ1) is 7.71. The van der Waals surface area contributed by atoms with Gasteiger partial charge >= 0.3 is 12.1 Å². The fourth-order valence-corrected chi connectivity index (χ4v) is 0.944. The van der Waals surface area contributed by atoms with E-state index in [9.17, 15) is 18.0 Å². The molecular formula is C9H9F3N2O3. The van der Waals surface area contributed by atoms with Crippen LogP contribution < -0.4 is 10.5 Å². The van der Waals surface area contributed by atoms with Crippen molar-refractivity contribution in [2.45, 2.75) is 19.2 Å². The molecule has 0 aromatic carbocycles. The number of rotatable bonds is 3. The third-order valence-electron chi connectivity index (χ3n) is 1.90. The van der Waals surface area contributed by atoms with Gasteiger partial charge in [-0.25, -0.2) is 9.78 Å². The largest absolute Gasteiger partial charge is 0.478 e. The molecule has 0 aliphatic heterocycles. The fraction of sp³-hybridized carbons (Fsp3) is 0.333. The van der Waals surface area contributed by atoms with Crippen molar-refractivity contribution in [3.05, 3.63) is 17.8 Å². The quantitative estimate of drug-likeness (QED) is 0.852. The Balaban J connectivity index is 2.94. The molecule has 1 aromatic rings. The average Bonchev–Trinajstić information content (AvgIpc) is 2.19. The summed E-state index contributed by atoms with van der Waals surface area (Å²) < 4.78 is 41.0. The first kappa shape index (κ1) is 13.1. The number of aromatic nitrogens is 1. The Hall–Kier alpha value is -1.99. The van der Waals surface area contributed by atoms with Gasteiger partial charge in [-0.3, -0.25) is 0 Å². The molecule has 0 saturated carbocycles. The highest BCUT2D eigenvalue weighted by Gasteiger charge is 2.38. The number of pyridine rings is 1. The maximum Gasteiger partial charge on any atom is 0.425 e. The van der Waals surface area contributed by atoms with Crippen LogP contribution in [-0.4, -0.2) is 28.3 Å². The smallest absolute Gasteiger partial charge is 0.425 e. The van der Waals surface area contributed by atoms with E-state index < -0.39 is 24.1 Å². The molecule has 0 saturated heterocycles. The molecule has 1 aromatic heterocycles. The van der Waals surface area contributed by atoms with Crippen LogP contribution in [-0.2, 0) is 0 Å². The number of carboxylic acids is 1. The van der Waals surface area contributed by atoms with Crippen LogP contribution in [0.4, 0.5) is 18.9 Å². The molecule has 0 fully saturated rings. The maximum atomic E-state index is 12.2. The highest BCUT2D eigenvalue weighted by Crippen LogP contribution is 2.25. The van der Waals surface area contributed by atoms with Crippen LogP contribution in [0.5, 0.6) is 5.88 Å². The monoisotopic (exact) mass is 250 g/mol. The zero-order valence-electron chi connectivity index (χ0n) is 8.65. The molecule has 17 heavy (non-hydrogen) atoms. The topological polar surface area (TPSA) is 85.4 Å². The lowest BCUT2D eigenvalue weighted by Gasteiger charge is -2.17. The molecule has 0 aliphatic carbocycles. The van der Waals surface area contributed by atoms with Gasteiger partial charge in [0.2, 0.25) is 5.88 Å². The van der Waals surface area contributed by atoms with Gasteiger partial charge in [0.1, 0.15) is 0 Å². The van der Waals surface area contributed by atoms with E-state index in [1.165, 1.54) is 0 Å². The summed E-state index contributed by atoms with van der Waals surface area (Å²) in [4.78, 5) is 14.1. The number of carbonyl (C=O) groups is 1. The van der Waals surface area contributed by atoms with Crippen molar-refractivity contribution in [3.8, 4) is 5.88 Å². The summed E-state index contributed by atoms with van der Waals surface area (Å²) in [6.45, 7) is 0.790. The van der Waals surface area contributed by atoms with Crippen LogP contribution in [0.2, 0.25) is 0 Å². The fourth-order valence-electron chi connectivity index (χ4n) is 0.944. The first-order valence-corrected chi connectivity index (χ1v) is 4.44. The lowest BCUT2D eigenvalue weighted by molar-refractivity contribution is -0.189. The lowest BCUT2D eigenvalue weighted by Crippen LogP contribution is -2.31. The van der Waals surface area contributed by atoms with Crippen molar-refractivity contribution in [3.63, 3.8) is 0 Å². The van der Waals surface area contributed by atoms with Crippen molar-refractivity contribution in [1.29, 1.82) is 0 Å². The van der Waals surface area contributed by atoms with Gasteiger partial charge in [-0.05, 0) is 6.92 Å². The Labute approximate surface area is 94.0 Å². The number of alkyl halides is 3. The van der Waals surface area contributed by atoms with Crippen molar-refractivity contribution in [2.75, 3.05) is 5.73 Å². The zero-order chi connectivity index (χ0) is 13.2. The molecule has 5 nitrogen and oxygen atoms in total. The van der Waals surface area contributed by atoms with E-state index in [1.54, 1.807) is 0 Å². The summed E-state index contributed by atoms with van der Waals surface area (Å²) in [5.41, 5.74) is 4.78. The van der Waals surface area contributed by atoms with E-state index in [0.29, 0.717) is 0 Å². The van der Waals surface area contributed by atoms with Crippen LogP contribution >= 0.6 is 0 Å². The van der Waals surface area contributed by atoms with Gasteiger partial charge in [-0.2, -0.15) is 13.2 Å². The number of nitrogen functional groups attached to an aromatic ring is 1. The Morgan fingerprint density at radius 3 is 2.65 bits per heavy atom. The number of nitrogens with zero attached hydrogens (tertiary/aromatic N) is 1. The molecule has 0 aliphatic rings. The second kappa shape index (κ2) is 4.48. The molecule has 8 heteroatoms. The number of halogens is 3. The number of anilines is 1. The number of hydrogen-bond donors (Lipinski definition) is 2. The molecule has 1 heterocycles. The van der Waals surface area contributed by atoms with E-state index in [-0.39, 0.29) is 11.3 Å². The van der Waals surface area contributed by atoms with Gasteiger partial charge in [0.25, 0.3) is 0 Å². The predicted molar refractivity (Wildman–Crippen MR) is 51.8 cm³/mol. The van der Waals surface area contributed by atoms with Crippen LogP contribution in [0.3, 0.4) is 0 Å². The third kappa shape index (κ3) is 3.23. The lowest BCUT2D eigenvalue weighted by atomic mass is 10.2. The molecular weight excluding hydrogens is 241 g/mol. The van der Waals surface area contributed by atoms with E-state index >= 15 is 0 Å². The van der Waals surface area contributed by atoms with Gasteiger partial charge in [-0.15, -0.1) is 0 Å². The van der Waals surface area contributed by atoms with Crippen molar-refractivity contribution in [1.82, 2.24) is 4.98 Å². The van der Waals surface area contributed by atoms with E-state index in [0.717, 1.165) is 19.2 Å². The highest BCUT2D eigenvalue weighted by molar-refractivity contribution is 5.93. The number of ether oxygens (including phenoxy) is 1. The third-order valence-corrected chi connectivity index (χ3v) is 1.90. The predicted octanol–water partition coefficient (Wildman–Crippen LogP) is 1.69. The second-order valence-electron chi connectivity index (χ2n) is 3.22. The highest BCUT2D eigenvalue weighted by atomic mass is 19.4. The Kier molecular flexibility index (Phi) is 3.45. The summed E-state index contributed by atoms with van der Waals surface area (Å²) in [7, 11) is 0. The molecule has 0 spiro atoms. The van der Waals surface area contributed by atoms with Gasteiger partial charge in [-0.1, -0.05) is 0 Å². The van der Waals surface area contributed by atoms with Gasteiger partial charge in [0.15, 0.2) is 6.10 Å². The van der Waals surface area contributed by atoms with Crippen molar-refractivity contribution >= 4 is 11.7 Å². The van der Waals surface area contributed by atoms with Crippen LogP contribution in [0.25, 0.3) is 0 Å². The Bertz CT molecular complexity index is 434. The molecule has 1 atom stereocenters. The van der Waals surface area contributed by atoms with Crippen LogP contribution in [0.15, 0.2) is 12.3 Å². The van der Waals surface area contributed by atoms with Crippen molar-refractivity contribution in [2.24, 2.45) is 0 Å².